The molecule has 0 spiro atoms. The number of halogens is 3. The Balaban J connectivity index is 1.58. The smallest absolute Gasteiger partial charge is 0.416 e. The van der Waals surface area contributed by atoms with Crippen LogP contribution in [0.4, 0.5) is 13.2 Å². The number of nitrogens with one attached hydrogen (secondary N) is 1. The van der Waals surface area contributed by atoms with E-state index in [1.165, 1.54) is 17.8 Å². The third-order valence-corrected chi connectivity index (χ3v) is 7.07. The van der Waals surface area contributed by atoms with E-state index in [1.807, 2.05) is 30.3 Å². The summed E-state index contributed by atoms with van der Waals surface area (Å²) in [5.41, 5.74) is 2.06. The largest absolute Gasteiger partial charge is 0.495 e. The minimum atomic E-state index is -4.42. The SMILES string of the molecule is COc1ccccc1-n1c(CNC(=O)c2ccc(C(C)(C)C)cc2)nnc1SCc1cccc(C(F)(F)F)c1. The molecule has 1 heterocycles. The first kappa shape index (κ1) is 28.2. The molecule has 0 aliphatic heterocycles. The van der Waals surface area contributed by atoms with E-state index < -0.39 is 11.7 Å². The van der Waals surface area contributed by atoms with Crippen LogP contribution < -0.4 is 10.1 Å². The first-order chi connectivity index (χ1) is 18.5. The molecule has 4 aromatic rings. The topological polar surface area (TPSA) is 69.0 Å². The summed E-state index contributed by atoms with van der Waals surface area (Å²) in [6, 6.07) is 19.9. The molecule has 0 aliphatic carbocycles. The highest BCUT2D eigenvalue weighted by atomic mass is 32.2. The summed E-state index contributed by atoms with van der Waals surface area (Å²) < 4.78 is 46.8. The summed E-state index contributed by atoms with van der Waals surface area (Å²) in [7, 11) is 1.54. The van der Waals surface area contributed by atoms with Crippen molar-refractivity contribution in [3.63, 3.8) is 0 Å². The van der Waals surface area contributed by atoms with Crippen molar-refractivity contribution in [3.8, 4) is 11.4 Å². The molecule has 1 amide bonds. The van der Waals surface area contributed by atoms with Gasteiger partial charge in [0.15, 0.2) is 11.0 Å². The zero-order valence-corrected chi connectivity index (χ0v) is 22.9. The van der Waals surface area contributed by atoms with Crippen LogP contribution in [0, 0.1) is 0 Å². The van der Waals surface area contributed by atoms with Crippen molar-refractivity contribution in [2.75, 3.05) is 7.11 Å². The van der Waals surface area contributed by atoms with E-state index in [9.17, 15) is 18.0 Å². The molecule has 0 radical (unpaired) electrons. The minimum absolute atomic E-state index is 0.0255. The number of carbonyl (C=O) groups excluding carboxylic acids is 1. The fourth-order valence-electron chi connectivity index (χ4n) is 3.93. The molecule has 0 unspecified atom stereocenters. The van der Waals surface area contributed by atoms with Gasteiger partial charge in [0.05, 0.1) is 24.9 Å². The normalized spacial score (nSPS) is 11.9. The maximum atomic E-state index is 13.2. The number of methoxy groups -OCH3 is 1. The van der Waals surface area contributed by atoms with Crippen LogP contribution in [0.15, 0.2) is 78.0 Å². The van der Waals surface area contributed by atoms with Crippen LogP contribution in [0.3, 0.4) is 0 Å². The van der Waals surface area contributed by atoms with Crippen LogP contribution in [0.5, 0.6) is 5.75 Å². The standard InChI is InChI=1S/C29H29F3N4O2S/c1-28(2,3)21-14-12-20(13-15-21)26(37)33-17-25-34-35-27(36(25)23-10-5-6-11-24(23)38-4)39-18-19-8-7-9-22(16-19)29(30,31)32/h5-16H,17-18H2,1-4H3,(H,33,37). The van der Waals surface area contributed by atoms with Gasteiger partial charge in [0.2, 0.25) is 0 Å². The number of nitrogens with zero attached hydrogens (tertiary/aromatic N) is 3. The second-order valence-corrected chi connectivity index (χ2v) is 10.8. The minimum Gasteiger partial charge on any atom is -0.495 e. The fourth-order valence-corrected chi connectivity index (χ4v) is 4.84. The van der Waals surface area contributed by atoms with Crippen molar-refractivity contribution < 1.29 is 22.7 Å². The second kappa shape index (κ2) is 11.5. The highest BCUT2D eigenvalue weighted by molar-refractivity contribution is 7.98. The number of hydrogen-bond donors (Lipinski definition) is 1. The number of aromatic nitrogens is 3. The summed E-state index contributed by atoms with van der Waals surface area (Å²) in [6.45, 7) is 6.40. The lowest BCUT2D eigenvalue weighted by Crippen LogP contribution is -2.25. The number of alkyl halides is 3. The Morgan fingerprint density at radius 1 is 0.949 bits per heavy atom. The fraction of sp³-hybridized carbons (Fsp3) is 0.276. The maximum Gasteiger partial charge on any atom is 0.416 e. The van der Waals surface area contributed by atoms with Crippen LogP contribution in [-0.4, -0.2) is 27.8 Å². The van der Waals surface area contributed by atoms with Crippen LogP contribution >= 0.6 is 11.8 Å². The van der Waals surface area contributed by atoms with Crippen molar-refractivity contribution >= 4 is 17.7 Å². The molecule has 6 nitrogen and oxygen atoms in total. The van der Waals surface area contributed by atoms with Crippen LogP contribution in [-0.2, 0) is 23.9 Å². The first-order valence-electron chi connectivity index (χ1n) is 12.2. The van der Waals surface area contributed by atoms with Gasteiger partial charge in [-0.1, -0.05) is 75.0 Å². The lowest BCUT2D eigenvalue weighted by molar-refractivity contribution is -0.137. The second-order valence-electron chi connectivity index (χ2n) is 9.90. The van der Waals surface area contributed by atoms with Gasteiger partial charge >= 0.3 is 6.18 Å². The predicted octanol–water partition coefficient (Wildman–Crippen LogP) is 6.81. The number of benzene rings is 3. The molecule has 3 aromatic carbocycles. The summed E-state index contributed by atoms with van der Waals surface area (Å²) in [5, 5.41) is 11.9. The lowest BCUT2D eigenvalue weighted by Gasteiger charge is -2.19. The summed E-state index contributed by atoms with van der Waals surface area (Å²) in [4.78, 5) is 12.9. The van der Waals surface area contributed by atoms with Gasteiger partial charge in [-0.15, -0.1) is 10.2 Å². The molecule has 4 rings (SSSR count). The molecular weight excluding hydrogens is 525 g/mol. The molecule has 0 atom stereocenters. The molecule has 10 heteroatoms. The van der Waals surface area contributed by atoms with Gasteiger partial charge in [0.1, 0.15) is 5.75 Å². The molecular formula is C29H29F3N4O2S. The van der Waals surface area contributed by atoms with Gasteiger partial charge in [-0.25, -0.2) is 0 Å². The molecule has 0 aliphatic rings. The van der Waals surface area contributed by atoms with Gasteiger partial charge in [0, 0.05) is 11.3 Å². The quantitative estimate of drug-likeness (QED) is 0.242. The van der Waals surface area contributed by atoms with Crippen molar-refractivity contribution in [1.29, 1.82) is 0 Å². The Hall–Kier alpha value is -3.79. The molecule has 204 valence electrons. The Bertz CT molecular complexity index is 1440. The number of ether oxygens (including phenoxy) is 1. The van der Waals surface area contributed by atoms with Gasteiger partial charge in [-0.3, -0.25) is 9.36 Å². The summed E-state index contributed by atoms with van der Waals surface area (Å²) >= 11 is 1.24. The van der Waals surface area contributed by atoms with Gasteiger partial charge in [0.25, 0.3) is 5.91 Å². The summed E-state index contributed by atoms with van der Waals surface area (Å²) in [6.07, 6.45) is -4.42. The van der Waals surface area contributed by atoms with Crippen LogP contribution in [0.25, 0.3) is 5.69 Å². The zero-order chi connectivity index (χ0) is 28.2. The molecule has 0 saturated heterocycles. The Morgan fingerprint density at radius 3 is 2.33 bits per heavy atom. The molecule has 1 N–H and O–H groups in total. The molecule has 0 bridgehead atoms. The van der Waals surface area contributed by atoms with Crippen LogP contribution in [0.1, 0.15) is 53.6 Å². The molecule has 0 saturated carbocycles. The predicted molar refractivity (Wildman–Crippen MR) is 145 cm³/mol. The van der Waals surface area contributed by atoms with E-state index in [0.29, 0.717) is 33.5 Å². The number of hydrogen-bond acceptors (Lipinski definition) is 5. The molecule has 0 fully saturated rings. The van der Waals surface area contributed by atoms with Crippen molar-refractivity contribution in [3.05, 3.63) is 101 Å². The van der Waals surface area contributed by atoms with Crippen LogP contribution in [0.2, 0.25) is 0 Å². The van der Waals surface area contributed by atoms with E-state index in [-0.39, 0.29) is 23.6 Å². The number of para-hydroxylation sites is 2. The van der Waals surface area contributed by atoms with Gasteiger partial charge in [-0.05, 0) is 46.9 Å². The number of thioether (sulfide) groups is 1. The highest BCUT2D eigenvalue weighted by Crippen LogP contribution is 2.33. The highest BCUT2D eigenvalue weighted by Gasteiger charge is 2.30. The number of amides is 1. The summed E-state index contributed by atoms with van der Waals surface area (Å²) in [5.74, 6) is 0.987. The molecule has 39 heavy (non-hydrogen) atoms. The Morgan fingerprint density at radius 2 is 1.67 bits per heavy atom. The maximum absolute atomic E-state index is 13.2. The van der Waals surface area contributed by atoms with Gasteiger partial charge in [-0.2, -0.15) is 13.2 Å². The van der Waals surface area contributed by atoms with Crippen molar-refractivity contribution in [2.24, 2.45) is 0 Å². The van der Waals surface area contributed by atoms with Gasteiger partial charge < -0.3 is 10.1 Å². The zero-order valence-electron chi connectivity index (χ0n) is 22.0. The van der Waals surface area contributed by atoms with E-state index in [0.717, 1.165) is 17.7 Å². The number of carbonyl (C=O) groups is 1. The third-order valence-electron chi connectivity index (χ3n) is 6.07. The first-order valence-corrected chi connectivity index (χ1v) is 13.2. The third kappa shape index (κ3) is 6.81. The average molecular weight is 555 g/mol. The van der Waals surface area contributed by atoms with Crippen molar-refractivity contribution in [2.45, 2.75) is 49.8 Å². The lowest BCUT2D eigenvalue weighted by atomic mass is 9.87. The van der Waals surface area contributed by atoms with E-state index in [4.69, 9.17) is 4.74 Å². The Kier molecular flexibility index (Phi) is 8.34. The number of rotatable bonds is 8. The average Bonchev–Trinajstić information content (AvgIpc) is 3.32. The van der Waals surface area contributed by atoms with E-state index >= 15 is 0 Å². The monoisotopic (exact) mass is 554 g/mol. The Labute approximate surface area is 229 Å². The van der Waals surface area contributed by atoms with Crippen molar-refractivity contribution in [1.82, 2.24) is 20.1 Å². The van der Waals surface area contributed by atoms with E-state index in [2.05, 4.69) is 36.3 Å². The molecule has 1 aromatic heterocycles. The van der Waals surface area contributed by atoms with E-state index in [1.54, 1.807) is 35.9 Å².